The lowest BCUT2D eigenvalue weighted by Crippen LogP contribution is -2.55. The summed E-state index contributed by atoms with van der Waals surface area (Å²) in [5.74, 6) is 0.886. The Kier molecular flexibility index (Phi) is 6.86. The van der Waals surface area contributed by atoms with Crippen LogP contribution in [0.2, 0.25) is 5.02 Å². The third-order valence-electron chi connectivity index (χ3n) is 5.82. The van der Waals surface area contributed by atoms with Crippen molar-refractivity contribution in [2.45, 2.75) is 39.5 Å². The van der Waals surface area contributed by atoms with Gasteiger partial charge in [-0.15, -0.1) is 0 Å². The normalized spacial score (nSPS) is 18.2. The van der Waals surface area contributed by atoms with Crippen molar-refractivity contribution >= 4 is 23.3 Å². The largest absolute Gasteiger partial charge is 0.485 e. The minimum atomic E-state index is 0.0537. The van der Waals surface area contributed by atoms with Crippen LogP contribution < -0.4 is 15.8 Å². The number of rotatable bonds is 5. The maximum absolute atomic E-state index is 12.9. The van der Waals surface area contributed by atoms with E-state index in [0.717, 1.165) is 22.3 Å². The third kappa shape index (κ3) is 5.46. The Labute approximate surface area is 199 Å². The number of carbonyl (C=O) groups excluding carboxylic acids is 1. The Morgan fingerprint density at radius 1 is 1.12 bits per heavy atom. The van der Waals surface area contributed by atoms with Crippen molar-refractivity contribution in [3.8, 4) is 16.9 Å². The zero-order chi connectivity index (χ0) is 23.5. The number of hydrogen-bond acceptors (Lipinski definition) is 5. The molecule has 2 unspecified atom stereocenters. The molecule has 1 aliphatic heterocycles. The number of amides is 1. The van der Waals surface area contributed by atoms with Crippen molar-refractivity contribution in [3.05, 3.63) is 76.4 Å². The number of nitrogens with two attached hydrogens (primary N) is 1. The van der Waals surface area contributed by atoms with Gasteiger partial charge in [-0.2, -0.15) is 0 Å². The smallest absolute Gasteiger partial charge is 0.253 e. The number of aromatic nitrogens is 1. The van der Waals surface area contributed by atoms with Crippen molar-refractivity contribution in [1.82, 2.24) is 15.2 Å². The molecule has 4 rings (SSSR count). The number of aryl methyl sites for hydroxylation is 1. The summed E-state index contributed by atoms with van der Waals surface area (Å²) >= 11 is 6.21. The number of nitrogens with one attached hydrogen (secondary N) is 1. The molecule has 1 saturated heterocycles. The molecule has 1 aliphatic rings. The second kappa shape index (κ2) is 9.81. The van der Waals surface area contributed by atoms with Crippen LogP contribution in [0.1, 0.15) is 35.3 Å². The summed E-state index contributed by atoms with van der Waals surface area (Å²) in [6.45, 7) is 7.91. The molecule has 0 spiro atoms. The Balaban J connectivity index is 1.47. The monoisotopic (exact) mass is 464 g/mol. The number of halogens is 1. The van der Waals surface area contributed by atoms with Gasteiger partial charge in [0.1, 0.15) is 6.61 Å². The van der Waals surface area contributed by atoms with Crippen molar-refractivity contribution in [3.63, 3.8) is 0 Å². The van der Waals surface area contributed by atoms with Crippen LogP contribution in [0.15, 0.2) is 54.7 Å². The lowest BCUT2D eigenvalue weighted by molar-refractivity contribution is 0.0674. The number of anilines is 1. The van der Waals surface area contributed by atoms with Crippen molar-refractivity contribution in [1.29, 1.82) is 0 Å². The molecule has 2 aromatic carbocycles. The molecule has 0 bridgehead atoms. The van der Waals surface area contributed by atoms with Gasteiger partial charge in [-0.1, -0.05) is 35.9 Å². The molecule has 7 heteroatoms. The molecular weight excluding hydrogens is 436 g/mol. The summed E-state index contributed by atoms with van der Waals surface area (Å²) in [4.78, 5) is 19.1. The number of piperazine rings is 1. The van der Waals surface area contributed by atoms with E-state index in [1.165, 1.54) is 0 Å². The van der Waals surface area contributed by atoms with Crippen molar-refractivity contribution < 1.29 is 9.53 Å². The molecule has 3 aromatic rings. The molecule has 1 fully saturated rings. The summed E-state index contributed by atoms with van der Waals surface area (Å²) in [6, 6.07) is 15.8. The van der Waals surface area contributed by atoms with Gasteiger partial charge in [0, 0.05) is 47.5 Å². The van der Waals surface area contributed by atoms with Gasteiger partial charge in [-0.05, 0) is 61.7 Å². The van der Waals surface area contributed by atoms with Gasteiger partial charge >= 0.3 is 0 Å². The van der Waals surface area contributed by atoms with Crippen molar-refractivity contribution in [2.75, 3.05) is 18.8 Å². The van der Waals surface area contributed by atoms with Crippen molar-refractivity contribution in [2.24, 2.45) is 0 Å². The van der Waals surface area contributed by atoms with Crippen LogP contribution in [-0.2, 0) is 6.61 Å². The van der Waals surface area contributed by atoms with Crippen LogP contribution in [-0.4, -0.2) is 41.0 Å². The predicted octanol–water partition coefficient (Wildman–Crippen LogP) is 4.69. The van der Waals surface area contributed by atoms with E-state index in [0.29, 0.717) is 41.8 Å². The molecular formula is C26H29ClN4O2. The average molecular weight is 465 g/mol. The summed E-state index contributed by atoms with van der Waals surface area (Å²) in [5, 5.41) is 4.16. The number of nitrogens with zero attached hydrogens (tertiary/aromatic N) is 2. The first-order valence-electron chi connectivity index (χ1n) is 11.1. The summed E-state index contributed by atoms with van der Waals surface area (Å²) < 4.78 is 5.93. The molecule has 0 radical (unpaired) electrons. The van der Waals surface area contributed by atoms with Gasteiger partial charge in [-0.3, -0.25) is 4.79 Å². The molecule has 1 amide bonds. The van der Waals surface area contributed by atoms with Crippen LogP contribution in [0.4, 0.5) is 5.82 Å². The molecule has 2 atom stereocenters. The number of carbonyl (C=O) groups is 1. The third-order valence-corrected chi connectivity index (χ3v) is 6.23. The average Bonchev–Trinajstić information content (AvgIpc) is 2.80. The van der Waals surface area contributed by atoms with Crippen LogP contribution in [0, 0.1) is 6.92 Å². The first kappa shape index (κ1) is 23.1. The van der Waals surface area contributed by atoms with E-state index in [2.05, 4.69) is 24.1 Å². The predicted molar refractivity (Wildman–Crippen MR) is 133 cm³/mol. The van der Waals surface area contributed by atoms with Crippen LogP contribution >= 0.6 is 11.6 Å². The Bertz CT molecular complexity index is 1140. The van der Waals surface area contributed by atoms with Gasteiger partial charge in [0.25, 0.3) is 5.91 Å². The van der Waals surface area contributed by atoms with Gasteiger partial charge in [0.15, 0.2) is 11.6 Å². The van der Waals surface area contributed by atoms with Crippen LogP contribution in [0.3, 0.4) is 0 Å². The summed E-state index contributed by atoms with van der Waals surface area (Å²) in [7, 11) is 0. The van der Waals surface area contributed by atoms with Gasteiger partial charge in [-0.25, -0.2) is 4.98 Å². The van der Waals surface area contributed by atoms with E-state index >= 15 is 0 Å². The molecule has 6 nitrogen and oxygen atoms in total. The fourth-order valence-corrected chi connectivity index (χ4v) is 4.30. The maximum atomic E-state index is 12.9. The second-order valence-corrected chi connectivity index (χ2v) is 9.14. The number of hydrogen-bond donors (Lipinski definition) is 2. The fraction of sp³-hybridized carbons (Fsp3) is 0.308. The Morgan fingerprint density at radius 2 is 1.82 bits per heavy atom. The number of nitrogen functional groups attached to an aromatic ring is 1. The molecule has 172 valence electrons. The van der Waals surface area contributed by atoms with E-state index in [1.54, 1.807) is 6.20 Å². The fourth-order valence-electron chi connectivity index (χ4n) is 4.10. The number of benzene rings is 2. The molecule has 3 N–H and O–H groups in total. The highest BCUT2D eigenvalue weighted by molar-refractivity contribution is 6.31. The lowest BCUT2D eigenvalue weighted by Gasteiger charge is -2.36. The quantitative estimate of drug-likeness (QED) is 0.572. The molecule has 33 heavy (non-hydrogen) atoms. The van der Waals surface area contributed by atoms with Gasteiger partial charge < -0.3 is 20.7 Å². The standard InChI is InChI=1S/C26H29ClN4O2/c1-16-4-5-19(10-23(16)27)15-33-24-11-22(12-29-25(24)28)20-6-8-21(9-7-20)26(32)31-13-17(2)30-18(3)14-31/h4-12,17-18,30H,13-15H2,1-3H3,(H2,28,29). The van der Waals surface area contributed by atoms with E-state index in [1.807, 2.05) is 60.4 Å². The van der Waals surface area contributed by atoms with Gasteiger partial charge in [0.2, 0.25) is 0 Å². The second-order valence-electron chi connectivity index (χ2n) is 8.74. The van der Waals surface area contributed by atoms with Gasteiger partial charge in [0.05, 0.1) is 0 Å². The SMILES string of the molecule is Cc1ccc(COc2cc(-c3ccc(C(=O)N4CC(C)NC(C)C4)cc3)cnc2N)cc1Cl. The minimum Gasteiger partial charge on any atom is -0.485 e. The Hall–Kier alpha value is -3.09. The minimum absolute atomic E-state index is 0.0537. The maximum Gasteiger partial charge on any atom is 0.253 e. The molecule has 2 heterocycles. The first-order chi connectivity index (χ1) is 15.8. The van der Waals surface area contributed by atoms with Crippen LogP contribution in [0.25, 0.3) is 11.1 Å². The summed E-state index contributed by atoms with van der Waals surface area (Å²) in [6.07, 6.45) is 1.71. The van der Waals surface area contributed by atoms with E-state index in [-0.39, 0.29) is 18.0 Å². The summed E-state index contributed by atoms with van der Waals surface area (Å²) in [5.41, 5.74) is 10.5. The molecule has 0 saturated carbocycles. The Morgan fingerprint density at radius 3 is 2.48 bits per heavy atom. The topological polar surface area (TPSA) is 80.5 Å². The molecule has 1 aromatic heterocycles. The first-order valence-corrected chi connectivity index (χ1v) is 11.5. The molecule has 0 aliphatic carbocycles. The zero-order valence-electron chi connectivity index (χ0n) is 19.1. The van der Waals surface area contributed by atoms with E-state index in [4.69, 9.17) is 22.1 Å². The highest BCUT2D eigenvalue weighted by Crippen LogP contribution is 2.28. The zero-order valence-corrected chi connectivity index (χ0v) is 19.9. The van der Waals surface area contributed by atoms with E-state index in [9.17, 15) is 4.79 Å². The number of ether oxygens (including phenoxy) is 1. The lowest BCUT2D eigenvalue weighted by atomic mass is 10.0. The number of pyridine rings is 1. The highest BCUT2D eigenvalue weighted by atomic mass is 35.5. The van der Waals surface area contributed by atoms with E-state index < -0.39 is 0 Å². The van der Waals surface area contributed by atoms with Crippen LogP contribution in [0.5, 0.6) is 5.75 Å². The highest BCUT2D eigenvalue weighted by Gasteiger charge is 2.25.